The van der Waals surface area contributed by atoms with Crippen LogP contribution < -0.4 is 24.8 Å². The normalized spacial score (nSPS) is 15.7. The lowest BCUT2D eigenvalue weighted by atomic mass is 9.81. The first-order chi connectivity index (χ1) is 19.6. The van der Waals surface area contributed by atoms with Gasteiger partial charge >= 0.3 is 5.97 Å². The minimum Gasteiger partial charge on any atom is -0.493 e. The van der Waals surface area contributed by atoms with E-state index >= 15 is 0 Å². The van der Waals surface area contributed by atoms with Crippen molar-refractivity contribution >= 4 is 17.6 Å². The molecular weight excluding hydrogens is 546 g/mol. The summed E-state index contributed by atoms with van der Waals surface area (Å²) < 4.78 is 22.3. The second kappa shape index (κ2) is 15.3. The predicted molar refractivity (Wildman–Crippen MR) is 157 cm³/mol. The first-order valence-electron chi connectivity index (χ1n) is 13.5. The second-order valence-electron chi connectivity index (χ2n) is 9.97. The Hall–Kier alpha value is -3.71. The van der Waals surface area contributed by atoms with Crippen molar-refractivity contribution in [3.8, 4) is 23.3 Å². The van der Waals surface area contributed by atoms with Crippen LogP contribution in [0.4, 0.5) is 0 Å². The number of hydrogen-bond acceptors (Lipinski definition) is 9. The molecule has 0 fully saturated rings. The monoisotopic (exact) mass is 583 g/mol. The van der Waals surface area contributed by atoms with Gasteiger partial charge in [0.15, 0.2) is 0 Å². The third-order valence-corrected chi connectivity index (χ3v) is 6.75. The number of benzene rings is 2. The molecule has 1 aliphatic rings. The van der Waals surface area contributed by atoms with Crippen molar-refractivity contribution in [1.82, 2.24) is 10.6 Å². The Bertz CT molecular complexity index is 1300. The largest absolute Gasteiger partial charge is 0.493 e. The molecule has 0 radical (unpaired) electrons. The van der Waals surface area contributed by atoms with Crippen LogP contribution >= 0.6 is 11.6 Å². The summed E-state index contributed by atoms with van der Waals surface area (Å²) in [7, 11) is 1.31. The van der Waals surface area contributed by atoms with Crippen LogP contribution in [0, 0.1) is 11.3 Å². The van der Waals surface area contributed by atoms with Crippen LogP contribution in [0.5, 0.6) is 17.2 Å². The molecular formula is C31H38ClN3O6. The molecule has 9 nitrogen and oxygen atoms in total. The zero-order valence-electron chi connectivity index (χ0n) is 24.1. The van der Waals surface area contributed by atoms with E-state index in [1.165, 1.54) is 7.11 Å². The molecule has 0 saturated carbocycles. The third-order valence-electron chi connectivity index (χ3n) is 6.42. The average molecular weight is 584 g/mol. The highest BCUT2D eigenvalue weighted by atomic mass is 35.5. The zero-order chi connectivity index (χ0) is 29.9. The van der Waals surface area contributed by atoms with E-state index in [2.05, 4.69) is 16.7 Å². The van der Waals surface area contributed by atoms with Gasteiger partial charge in [-0.1, -0.05) is 31.5 Å². The number of methoxy groups -OCH3 is 1. The first-order valence-corrected chi connectivity index (χ1v) is 13.9. The number of allylic oxidation sites excluding steroid dienone is 3. The first kappa shape index (κ1) is 31.8. The number of carbonyl (C=O) groups excluding carboxylic acids is 1. The number of nitriles is 1. The van der Waals surface area contributed by atoms with Crippen LogP contribution in [0.3, 0.4) is 0 Å². The summed E-state index contributed by atoms with van der Waals surface area (Å²) in [5.41, 5.74) is 2.65. The molecule has 10 heteroatoms. The van der Waals surface area contributed by atoms with Gasteiger partial charge in [0.1, 0.15) is 30.0 Å². The van der Waals surface area contributed by atoms with Crippen LogP contribution in [-0.4, -0.2) is 56.7 Å². The Morgan fingerprint density at radius 1 is 1.05 bits per heavy atom. The van der Waals surface area contributed by atoms with Crippen molar-refractivity contribution in [2.75, 3.05) is 33.5 Å². The molecule has 3 N–H and O–H groups in total. The van der Waals surface area contributed by atoms with Crippen molar-refractivity contribution in [3.05, 3.63) is 75.6 Å². The van der Waals surface area contributed by atoms with Crippen molar-refractivity contribution < 1.29 is 28.8 Å². The van der Waals surface area contributed by atoms with E-state index < -0.39 is 18.0 Å². The van der Waals surface area contributed by atoms with Crippen LogP contribution in [0.1, 0.15) is 45.6 Å². The van der Waals surface area contributed by atoms with Gasteiger partial charge in [-0.25, -0.2) is 4.79 Å². The molecule has 2 atom stereocenters. The summed E-state index contributed by atoms with van der Waals surface area (Å²) >= 11 is 6.64. The molecule has 220 valence electrons. The van der Waals surface area contributed by atoms with Gasteiger partial charge in [0.05, 0.1) is 43.5 Å². The number of halogens is 1. The third kappa shape index (κ3) is 8.89. The Morgan fingerprint density at radius 2 is 1.66 bits per heavy atom. The number of aliphatic hydroxyl groups excluding tert-OH is 1. The van der Waals surface area contributed by atoms with Crippen LogP contribution in [-0.2, 0) is 9.53 Å². The summed E-state index contributed by atoms with van der Waals surface area (Å²) in [5, 5.41) is 26.4. The van der Waals surface area contributed by atoms with Crippen molar-refractivity contribution in [3.63, 3.8) is 0 Å². The summed E-state index contributed by atoms with van der Waals surface area (Å²) in [5.74, 6) is 0.764. The molecule has 0 saturated heterocycles. The molecule has 2 aromatic carbocycles. The number of hydrogen-bond donors (Lipinski definition) is 3. The number of nitrogens with one attached hydrogen (secondary N) is 2. The predicted octanol–water partition coefficient (Wildman–Crippen LogP) is 4.86. The fourth-order valence-electron chi connectivity index (χ4n) is 4.36. The smallest absolute Gasteiger partial charge is 0.336 e. The Balaban J connectivity index is 1.50. The minimum atomic E-state index is -0.646. The summed E-state index contributed by atoms with van der Waals surface area (Å²) in [6.07, 6.45) is 0.0500. The van der Waals surface area contributed by atoms with Gasteiger partial charge in [-0.3, -0.25) is 0 Å². The van der Waals surface area contributed by atoms with Crippen molar-refractivity contribution in [2.45, 2.75) is 52.2 Å². The minimum absolute atomic E-state index is 0.207. The number of aliphatic hydroxyl groups is 1. The average Bonchev–Trinajstić information content (AvgIpc) is 2.95. The topological polar surface area (TPSA) is 122 Å². The van der Waals surface area contributed by atoms with Crippen LogP contribution in [0.2, 0.25) is 5.02 Å². The van der Waals surface area contributed by atoms with Gasteiger partial charge in [0.2, 0.25) is 0 Å². The number of nitrogens with zero attached hydrogens (tertiary/aromatic N) is 1. The van der Waals surface area contributed by atoms with Crippen molar-refractivity contribution in [1.29, 1.82) is 5.26 Å². The molecule has 2 aromatic rings. The van der Waals surface area contributed by atoms with Crippen LogP contribution in [0.25, 0.3) is 0 Å². The van der Waals surface area contributed by atoms with E-state index in [1.54, 1.807) is 44.2 Å². The number of rotatable bonds is 14. The molecule has 41 heavy (non-hydrogen) atoms. The maximum Gasteiger partial charge on any atom is 0.336 e. The standard InChI is InChI=1S/C31H38ClN3O6/c1-19(2)34-17-22(36)18-41-24-9-7-23(8-10-24)39-13-6-14-40-25-11-12-26(28(32)15-25)30-27(16-33)20(3)35-21(4)29(30)31(37)38-5/h7-12,15,19,22,30,34-36H,6,13-14,17-18H2,1-5H3. The molecule has 0 bridgehead atoms. The summed E-state index contributed by atoms with van der Waals surface area (Å²) in [6, 6.07) is 15.0. The van der Waals surface area contributed by atoms with E-state index in [4.69, 9.17) is 30.5 Å². The molecule has 0 amide bonds. The van der Waals surface area contributed by atoms with Gasteiger partial charge in [-0.05, 0) is 55.8 Å². The number of dihydropyridines is 1. The van der Waals surface area contributed by atoms with Crippen LogP contribution in [0.15, 0.2) is 65.0 Å². The lowest BCUT2D eigenvalue weighted by Gasteiger charge is -2.28. The number of ether oxygens (including phenoxy) is 4. The van der Waals surface area contributed by atoms with Gasteiger partial charge in [-0.15, -0.1) is 0 Å². The van der Waals surface area contributed by atoms with E-state index in [0.717, 1.165) is 0 Å². The maximum atomic E-state index is 12.6. The molecule has 3 rings (SSSR count). The SMILES string of the molecule is COC(=O)C1=C(C)NC(C)=C(C#N)C1c1ccc(OCCCOc2ccc(OCC(O)CNC(C)C)cc2)cc1Cl. The van der Waals surface area contributed by atoms with E-state index in [9.17, 15) is 15.2 Å². The maximum absolute atomic E-state index is 12.6. The fraction of sp³-hybridized carbons (Fsp3) is 0.419. The van der Waals surface area contributed by atoms with Crippen molar-refractivity contribution in [2.24, 2.45) is 0 Å². The fourth-order valence-corrected chi connectivity index (χ4v) is 4.64. The highest BCUT2D eigenvalue weighted by Gasteiger charge is 2.35. The summed E-state index contributed by atoms with van der Waals surface area (Å²) in [4.78, 5) is 12.6. The highest BCUT2D eigenvalue weighted by molar-refractivity contribution is 6.31. The van der Waals surface area contributed by atoms with Gasteiger partial charge in [0, 0.05) is 35.4 Å². The quantitative estimate of drug-likeness (QED) is 0.211. The van der Waals surface area contributed by atoms with Gasteiger partial charge < -0.3 is 34.7 Å². The van der Waals surface area contributed by atoms with Gasteiger partial charge in [0.25, 0.3) is 0 Å². The van der Waals surface area contributed by atoms with E-state index in [1.807, 2.05) is 26.0 Å². The van der Waals surface area contributed by atoms with E-state index in [0.29, 0.717) is 82.6 Å². The lowest BCUT2D eigenvalue weighted by Crippen LogP contribution is -2.35. The Kier molecular flexibility index (Phi) is 11.9. The van der Waals surface area contributed by atoms with E-state index in [-0.39, 0.29) is 6.61 Å². The Labute approximate surface area is 246 Å². The molecule has 0 spiro atoms. The van der Waals surface area contributed by atoms with Gasteiger partial charge in [-0.2, -0.15) is 5.26 Å². The molecule has 1 aliphatic heterocycles. The second-order valence-corrected chi connectivity index (χ2v) is 10.4. The molecule has 1 heterocycles. The molecule has 0 aliphatic carbocycles. The zero-order valence-corrected chi connectivity index (χ0v) is 24.9. The molecule has 0 aromatic heterocycles. The number of esters is 1. The summed E-state index contributed by atoms with van der Waals surface area (Å²) in [6.45, 7) is 9.14. The highest BCUT2D eigenvalue weighted by Crippen LogP contribution is 2.41. The Morgan fingerprint density at radius 3 is 2.24 bits per heavy atom. The number of carbonyl (C=O) groups is 1. The molecule has 2 unspecified atom stereocenters. The lowest BCUT2D eigenvalue weighted by molar-refractivity contribution is -0.136.